The van der Waals surface area contributed by atoms with E-state index in [-0.39, 0.29) is 17.2 Å². The number of aryl methyl sites for hydroxylation is 1. The molecule has 1 heterocycles. The number of carbonyl (C=O) groups is 2. The molecule has 0 saturated carbocycles. The molecule has 4 aromatic rings. The minimum absolute atomic E-state index is 0.0615. The number of nitrogens with zero attached hydrogens (tertiary/aromatic N) is 2. The van der Waals surface area contributed by atoms with Gasteiger partial charge in [-0.3, -0.25) is 4.79 Å². The summed E-state index contributed by atoms with van der Waals surface area (Å²) in [4.78, 5) is 25.5. The highest BCUT2D eigenvalue weighted by Crippen LogP contribution is 2.29. The second kappa shape index (κ2) is 8.23. The summed E-state index contributed by atoms with van der Waals surface area (Å²) >= 11 is 0. The molecule has 0 radical (unpaired) electrons. The summed E-state index contributed by atoms with van der Waals surface area (Å²) < 4.78 is 1.94. The number of carboxylic acid groups (broad SMARTS) is 1. The Bertz CT molecular complexity index is 1350. The molecule has 1 aromatic heterocycles. The van der Waals surface area contributed by atoms with Crippen molar-refractivity contribution in [2.45, 2.75) is 27.3 Å². The molecule has 0 spiro atoms. The molecule has 0 fully saturated rings. The highest BCUT2D eigenvalue weighted by molar-refractivity contribution is 5.95. The van der Waals surface area contributed by atoms with Crippen LogP contribution in [0.4, 0.5) is 5.69 Å². The Balaban J connectivity index is 1.71. The van der Waals surface area contributed by atoms with Gasteiger partial charge in [-0.1, -0.05) is 30.3 Å². The molecule has 6 nitrogen and oxygen atoms in total. The average molecular weight is 428 g/mol. The molecular weight excluding hydrogens is 404 g/mol. The van der Waals surface area contributed by atoms with Crippen LogP contribution in [0.15, 0.2) is 66.7 Å². The van der Waals surface area contributed by atoms with Crippen molar-refractivity contribution in [3.63, 3.8) is 0 Å². The van der Waals surface area contributed by atoms with E-state index in [2.05, 4.69) is 0 Å². The van der Waals surface area contributed by atoms with E-state index in [0.29, 0.717) is 12.2 Å². The van der Waals surface area contributed by atoms with Gasteiger partial charge < -0.3 is 19.7 Å². The molecule has 0 bridgehead atoms. The Hall–Kier alpha value is -4.06. The molecule has 0 saturated heterocycles. The maximum absolute atomic E-state index is 12.5. The number of amides is 1. The van der Waals surface area contributed by atoms with Crippen LogP contribution < -0.4 is 4.90 Å². The van der Waals surface area contributed by atoms with Gasteiger partial charge in [0.05, 0.1) is 6.54 Å². The summed E-state index contributed by atoms with van der Waals surface area (Å²) in [5.74, 6) is -1.53. The van der Waals surface area contributed by atoms with Crippen molar-refractivity contribution in [1.29, 1.82) is 0 Å². The summed E-state index contributed by atoms with van der Waals surface area (Å²) in [6.45, 7) is 5.83. The normalized spacial score (nSPS) is 11.0. The molecule has 162 valence electrons. The molecule has 0 aliphatic heterocycles. The van der Waals surface area contributed by atoms with Crippen molar-refractivity contribution in [2.75, 3.05) is 4.90 Å². The zero-order valence-corrected chi connectivity index (χ0v) is 18.2. The standard InChI is InChI=1S/C26H24N2O4/c1-16-12-21(17(2)28(16)23-10-11-24(26(31)32)25(30)14-23)15-27(18(3)29)22-9-8-19-6-4-5-7-20(19)13-22/h4-14,30H,15H2,1-3H3,(H,31,32). The van der Waals surface area contributed by atoms with Crippen molar-refractivity contribution < 1.29 is 19.8 Å². The number of anilines is 1. The lowest BCUT2D eigenvalue weighted by Gasteiger charge is -2.22. The Morgan fingerprint density at radius 2 is 1.66 bits per heavy atom. The maximum atomic E-state index is 12.5. The van der Waals surface area contributed by atoms with Crippen LogP contribution >= 0.6 is 0 Å². The van der Waals surface area contributed by atoms with Gasteiger partial charge in [0, 0.05) is 35.8 Å². The van der Waals surface area contributed by atoms with Gasteiger partial charge in [0.15, 0.2) is 0 Å². The fourth-order valence-electron chi connectivity index (χ4n) is 4.13. The van der Waals surface area contributed by atoms with Crippen LogP contribution in [0.5, 0.6) is 5.75 Å². The van der Waals surface area contributed by atoms with Crippen molar-refractivity contribution in [2.24, 2.45) is 0 Å². The van der Waals surface area contributed by atoms with E-state index < -0.39 is 5.97 Å². The number of aromatic carboxylic acids is 1. The predicted molar refractivity (Wildman–Crippen MR) is 125 cm³/mol. The van der Waals surface area contributed by atoms with Crippen molar-refractivity contribution in [3.8, 4) is 11.4 Å². The van der Waals surface area contributed by atoms with Gasteiger partial charge in [0.2, 0.25) is 5.91 Å². The van der Waals surface area contributed by atoms with Gasteiger partial charge in [0.25, 0.3) is 0 Å². The predicted octanol–water partition coefficient (Wildman–Crippen LogP) is 5.20. The minimum Gasteiger partial charge on any atom is -0.507 e. The monoisotopic (exact) mass is 428 g/mol. The number of benzene rings is 3. The van der Waals surface area contributed by atoms with Gasteiger partial charge in [0.1, 0.15) is 11.3 Å². The average Bonchev–Trinajstić information content (AvgIpc) is 3.04. The van der Waals surface area contributed by atoms with Crippen molar-refractivity contribution >= 4 is 28.3 Å². The number of hydrogen-bond acceptors (Lipinski definition) is 3. The zero-order valence-electron chi connectivity index (χ0n) is 18.2. The Morgan fingerprint density at radius 1 is 0.938 bits per heavy atom. The van der Waals surface area contributed by atoms with Crippen LogP contribution in [0.2, 0.25) is 0 Å². The first kappa shape index (κ1) is 21.2. The fourth-order valence-corrected chi connectivity index (χ4v) is 4.13. The third-order valence-corrected chi connectivity index (χ3v) is 5.76. The Morgan fingerprint density at radius 3 is 2.31 bits per heavy atom. The summed E-state index contributed by atoms with van der Waals surface area (Å²) in [5, 5.41) is 21.5. The Labute approximate surface area is 186 Å². The van der Waals surface area contributed by atoms with Crippen LogP contribution in [-0.4, -0.2) is 26.7 Å². The van der Waals surface area contributed by atoms with Gasteiger partial charge in [-0.15, -0.1) is 0 Å². The number of carboxylic acids is 1. The number of hydrogen-bond donors (Lipinski definition) is 2. The van der Waals surface area contributed by atoms with Gasteiger partial charge in [-0.05, 0) is 60.5 Å². The number of aromatic hydroxyl groups is 1. The number of fused-ring (bicyclic) bond motifs is 1. The van der Waals surface area contributed by atoms with Crippen LogP contribution in [-0.2, 0) is 11.3 Å². The molecule has 0 aliphatic rings. The number of carbonyl (C=O) groups excluding carboxylic acids is 1. The van der Waals surface area contributed by atoms with Crippen molar-refractivity contribution in [1.82, 2.24) is 4.57 Å². The van der Waals surface area contributed by atoms with Crippen LogP contribution in [0.3, 0.4) is 0 Å². The van der Waals surface area contributed by atoms with Gasteiger partial charge in [-0.2, -0.15) is 0 Å². The molecule has 1 amide bonds. The molecule has 0 aliphatic carbocycles. The summed E-state index contributed by atoms with van der Waals surface area (Å²) in [6, 6.07) is 20.5. The fraction of sp³-hybridized carbons (Fsp3) is 0.154. The lowest BCUT2D eigenvalue weighted by Crippen LogP contribution is -2.28. The van der Waals surface area contributed by atoms with Gasteiger partial charge >= 0.3 is 5.97 Å². The number of phenols is 1. The van der Waals surface area contributed by atoms with E-state index in [1.165, 1.54) is 12.1 Å². The number of aromatic nitrogens is 1. The summed E-state index contributed by atoms with van der Waals surface area (Å²) in [6.07, 6.45) is 0. The second-order valence-electron chi connectivity index (χ2n) is 7.87. The van der Waals surface area contributed by atoms with Crippen molar-refractivity contribution in [3.05, 3.63) is 89.2 Å². The van der Waals surface area contributed by atoms with E-state index in [1.807, 2.05) is 66.9 Å². The topological polar surface area (TPSA) is 82.8 Å². The van der Waals surface area contributed by atoms with E-state index in [0.717, 1.165) is 33.4 Å². The zero-order chi connectivity index (χ0) is 23.0. The highest BCUT2D eigenvalue weighted by Gasteiger charge is 2.19. The molecule has 0 unspecified atom stereocenters. The minimum atomic E-state index is -1.18. The molecule has 2 N–H and O–H groups in total. The first-order valence-corrected chi connectivity index (χ1v) is 10.3. The van der Waals surface area contributed by atoms with Crippen LogP contribution in [0.25, 0.3) is 16.5 Å². The number of rotatable bonds is 5. The second-order valence-corrected chi connectivity index (χ2v) is 7.87. The smallest absolute Gasteiger partial charge is 0.339 e. The van der Waals surface area contributed by atoms with E-state index >= 15 is 0 Å². The molecular formula is C26H24N2O4. The van der Waals surface area contributed by atoms with Crippen LogP contribution in [0, 0.1) is 13.8 Å². The molecule has 6 heteroatoms. The SMILES string of the molecule is CC(=O)N(Cc1cc(C)n(-c2ccc(C(=O)O)c(O)c2)c1C)c1ccc2ccccc2c1. The third-order valence-electron chi connectivity index (χ3n) is 5.76. The van der Waals surface area contributed by atoms with E-state index in [9.17, 15) is 14.7 Å². The molecule has 4 rings (SSSR count). The third kappa shape index (κ3) is 3.83. The highest BCUT2D eigenvalue weighted by atomic mass is 16.4. The van der Waals surface area contributed by atoms with Crippen LogP contribution in [0.1, 0.15) is 34.2 Å². The quantitative estimate of drug-likeness (QED) is 0.457. The van der Waals surface area contributed by atoms with E-state index in [1.54, 1.807) is 17.9 Å². The lowest BCUT2D eigenvalue weighted by atomic mass is 10.1. The maximum Gasteiger partial charge on any atom is 0.339 e. The lowest BCUT2D eigenvalue weighted by molar-refractivity contribution is -0.116. The largest absolute Gasteiger partial charge is 0.507 e. The molecule has 32 heavy (non-hydrogen) atoms. The molecule has 3 aromatic carbocycles. The Kier molecular flexibility index (Phi) is 5.45. The van der Waals surface area contributed by atoms with E-state index in [4.69, 9.17) is 5.11 Å². The molecule has 0 atom stereocenters. The first-order chi connectivity index (χ1) is 15.3. The summed E-state index contributed by atoms with van der Waals surface area (Å²) in [7, 11) is 0. The van der Waals surface area contributed by atoms with Gasteiger partial charge in [-0.25, -0.2) is 4.79 Å². The summed E-state index contributed by atoms with van der Waals surface area (Å²) in [5.41, 5.74) is 4.14. The first-order valence-electron chi connectivity index (χ1n) is 10.3.